The van der Waals surface area contributed by atoms with Crippen molar-refractivity contribution in [2.24, 2.45) is 32.2 Å². The minimum atomic E-state index is -0.685. The van der Waals surface area contributed by atoms with E-state index in [0.717, 1.165) is 68.5 Å². The van der Waals surface area contributed by atoms with Crippen molar-refractivity contribution in [2.45, 2.75) is 74.1 Å². The third-order valence-corrected chi connectivity index (χ3v) is 10.3. The molecule has 46 heavy (non-hydrogen) atoms. The number of aliphatic imine (C=N–C) groups is 3. The molecule has 6 rings (SSSR count). The zero-order valence-electron chi connectivity index (χ0n) is 28.0. The summed E-state index contributed by atoms with van der Waals surface area (Å²) in [5, 5.41) is 15.3. The summed E-state index contributed by atoms with van der Waals surface area (Å²) in [5.74, 6) is -0.0938. The maximum Gasteiger partial charge on any atom is 0.305 e. The molecule has 1 saturated heterocycles. The van der Waals surface area contributed by atoms with Gasteiger partial charge in [0.2, 0.25) is 0 Å². The van der Waals surface area contributed by atoms with E-state index < -0.39 is 5.41 Å². The van der Waals surface area contributed by atoms with Crippen LogP contribution in [0.15, 0.2) is 119 Å². The average molecular weight is 619 g/mol. The second-order valence-electron chi connectivity index (χ2n) is 13.4. The van der Waals surface area contributed by atoms with Gasteiger partial charge in [-0.05, 0) is 88.0 Å². The van der Waals surface area contributed by atoms with Gasteiger partial charge in [-0.25, -0.2) is 15.0 Å². The van der Waals surface area contributed by atoms with Crippen LogP contribution in [0.3, 0.4) is 0 Å². The largest absolute Gasteiger partial charge is 0.511 e. The summed E-state index contributed by atoms with van der Waals surface area (Å²) in [7, 11) is 1.40. The Bertz CT molecular complexity index is 1880. The molecule has 0 aromatic heterocycles. The molecule has 1 saturated carbocycles. The van der Waals surface area contributed by atoms with Crippen molar-refractivity contribution in [3.63, 3.8) is 0 Å². The minimum absolute atomic E-state index is 0.00788. The lowest BCUT2D eigenvalue weighted by molar-refractivity contribution is -0.140. The highest BCUT2D eigenvalue weighted by Gasteiger charge is 2.43. The number of fused-ring (bicyclic) bond motifs is 5. The molecule has 8 bridgehead atoms. The van der Waals surface area contributed by atoms with E-state index in [4.69, 9.17) is 19.7 Å². The van der Waals surface area contributed by atoms with Gasteiger partial charge in [0.15, 0.2) is 5.78 Å². The molecular formula is C38H42N4O4. The number of ketones is 1. The Hall–Kier alpha value is -4.59. The number of hydrogen-bond donors (Lipinski definition) is 2. The molecule has 0 amide bonds. The van der Waals surface area contributed by atoms with Crippen molar-refractivity contribution in [2.75, 3.05) is 7.11 Å². The molecule has 2 N–H and O–H groups in total. The van der Waals surface area contributed by atoms with Gasteiger partial charge in [0.25, 0.3) is 0 Å². The molecule has 0 aromatic carbocycles. The van der Waals surface area contributed by atoms with Crippen molar-refractivity contribution < 1.29 is 19.4 Å². The quantitative estimate of drug-likeness (QED) is 0.183. The highest BCUT2D eigenvalue weighted by Crippen LogP contribution is 2.46. The van der Waals surface area contributed by atoms with Gasteiger partial charge < -0.3 is 15.2 Å². The smallest absolute Gasteiger partial charge is 0.305 e. The summed E-state index contributed by atoms with van der Waals surface area (Å²) < 4.78 is 4.98. The first kappa shape index (κ1) is 31.4. The summed E-state index contributed by atoms with van der Waals surface area (Å²) in [6.45, 7) is 18.1. The fourth-order valence-electron chi connectivity index (χ4n) is 7.18. The van der Waals surface area contributed by atoms with Crippen LogP contribution in [0.4, 0.5) is 0 Å². The van der Waals surface area contributed by atoms with Crippen LogP contribution in [-0.2, 0) is 14.3 Å². The predicted octanol–water partition coefficient (Wildman–Crippen LogP) is 7.39. The summed E-state index contributed by atoms with van der Waals surface area (Å²) >= 11 is 0. The molecule has 5 aliphatic heterocycles. The number of aliphatic hydroxyl groups excluding tert-OH is 1. The molecule has 0 aromatic rings. The maximum absolute atomic E-state index is 13.5. The fourth-order valence-corrected chi connectivity index (χ4v) is 7.18. The van der Waals surface area contributed by atoms with Crippen LogP contribution in [0.1, 0.15) is 74.1 Å². The Labute approximate surface area is 270 Å². The van der Waals surface area contributed by atoms with Gasteiger partial charge in [-0.15, -0.1) is 6.58 Å². The molecule has 238 valence electrons. The number of esters is 1. The number of ether oxygens (including phenoxy) is 1. The number of rotatable bonds is 6. The van der Waals surface area contributed by atoms with E-state index >= 15 is 0 Å². The lowest BCUT2D eigenvalue weighted by atomic mass is 9.85. The Kier molecular flexibility index (Phi) is 7.74. The van der Waals surface area contributed by atoms with Gasteiger partial charge in [0, 0.05) is 58.2 Å². The number of nitrogens with one attached hydrogen (secondary N) is 1. The second-order valence-corrected chi connectivity index (χ2v) is 13.4. The molecular weight excluding hydrogens is 576 g/mol. The number of methoxy groups -OCH3 is 1. The number of Topliss-reactive ketones (excluding diaryl/α,β-unsaturated/α-hetero) is 1. The van der Waals surface area contributed by atoms with Crippen LogP contribution in [0.5, 0.6) is 0 Å². The van der Waals surface area contributed by atoms with Crippen molar-refractivity contribution in [3.8, 4) is 0 Å². The molecule has 0 radical (unpaired) electrons. The van der Waals surface area contributed by atoms with E-state index in [2.05, 4.69) is 32.7 Å². The SMILES string of the molecule is C=CC(C)(C)/C(O)=C1/C2=NC(=C1C)C=C1NC(=C3CC(=O)C4=C(C)C(=CC5=NC(=C2)C(C)=C5CC)N=C34)[C@@H](CCC(=O)OC)[C@@H]1C. The van der Waals surface area contributed by atoms with Gasteiger partial charge in [-0.2, -0.15) is 0 Å². The third-order valence-electron chi connectivity index (χ3n) is 10.3. The molecule has 0 spiro atoms. The highest BCUT2D eigenvalue weighted by molar-refractivity contribution is 6.38. The maximum atomic E-state index is 13.5. The average Bonchev–Trinajstić information content (AvgIpc) is 3.78. The van der Waals surface area contributed by atoms with Gasteiger partial charge in [-0.1, -0.05) is 19.9 Å². The number of aliphatic hydroxyl groups is 1. The van der Waals surface area contributed by atoms with Gasteiger partial charge in [0.05, 0.1) is 41.3 Å². The van der Waals surface area contributed by atoms with Crippen molar-refractivity contribution in [1.82, 2.24) is 5.32 Å². The summed E-state index contributed by atoms with van der Waals surface area (Å²) in [5.41, 5.74) is 11.6. The Balaban J connectivity index is 1.64. The zero-order valence-corrected chi connectivity index (χ0v) is 28.0. The lowest BCUT2D eigenvalue weighted by Crippen LogP contribution is -2.16. The molecule has 2 fully saturated rings. The molecule has 2 atom stereocenters. The van der Waals surface area contributed by atoms with Crippen molar-refractivity contribution in [1.29, 1.82) is 0 Å². The first-order valence-electron chi connectivity index (χ1n) is 16.0. The first-order valence-corrected chi connectivity index (χ1v) is 16.0. The molecule has 6 aliphatic rings. The Morgan fingerprint density at radius 2 is 1.78 bits per heavy atom. The first-order chi connectivity index (χ1) is 21.8. The number of hydrogen-bond acceptors (Lipinski definition) is 8. The van der Waals surface area contributed by atoms with E-state index in [1.165, 1.54) is 7.11 Å². The predicted molar refractivity (Wildman–Crippen MR) is 182 cm³/mol. The van der Waals surface area contributed by atoms with E-state index in [0.29, 0.717) is 29.0 Å². The normalized spacial score (nSPS) is 25.0. The number of nitrogens with zero attached hydrogens (tertiary/aromatic N) is 3. The number of allylic oxidation sites excluding steroid dienone is 13. The van der Waals surface area contributed by atoms with E-state index in [-0.39, 0.29) is 42.2 Å². The van der Waals surface area contributed by atoms with Gasteiger partial charge in [0.1, 0.15) is 5.76 Å². The molecule has 1 aliphatic carbocycles. The van der Waals surface area contributed by atoms with Crippen LogP contribution in [0.25, 0.3) is 0 Å². The molecule has 0 unspecified atom stereocenters. The standard InChI is InChI=1S/C38H42N4O4/c1-10-22-18(3)25-17-30-33(37(45)38(7,8)11-2)20(5)27(40-30)15-26-19(4)23(12-13-32(44)46-9)35(41-26)24-14-31(43)34-21(6)28(42-36(24)34)16-29(22)39-25/h11,15-17,19,23,41,45H,2,10,12-14H2,1,3-9H3/b25-17?,26-15?,28-16?,35-24?,37-33-/t19-,23-/m0/s1. The summed E-state index contributed by atoms with van der Waals surface area (Å²) in [6.07, 6.45) is 9.56. The Morgan fingerprint density at radius 1 is 1.09 bits per heavy atom. The van der Waals surface area contributed by atoms with Crippen LogP contribution >= 0.6 is 0 Å². The lowest BCUT2D eigenvalue weighted by Gasteiger charge is -2.22. The van der Waals surface area contributed by atoms with Crippen LogP contribution in [0.2, 0.25) is 0 Å². The van der Waals surface area contributed by atoms with Gasteiger partial charge >= 0.3 is 5.97 Å². The van der Waals surface area contributed by atoms with E-state index in [1.807, 2.05) is 45.9 Å². The minimum Gasteiger partial charge on any atom is -0.511 e. The van der Waals surface area contributed by atoms with Crippen molar-refractivity contribution >= 4 is 28.9 Å². The second kappa shape index (κ2) is 11.3. The number of carbonyl (C=O) groups is 2. The summed E-state index contributed by atoms with van der Waals surface area (Å²) in [6, 6.07) is 0. The summed E-state index contributed by atoms with van der Waals surface area (Å²) in [4.78, 5) is 41.0. The Morgan fingerprint density at radius 3 is 2.46 bits per heavy atom. The molecule has 8 heteroatoms. The van der Waals surface area contributed by atoms with E-state index in [1.54, 1.807) is 6.08 Å². The van der Waals surface area contributed by atoms with Gasteiger partial charge in [-0.3, -0.25) is 9.59 Å². The highest BCUT2D eigenvalue weighted by atomic mass is 16.5. The van der Waals surface area contributed by atoms with Crippen LogP contribution in [-0.4, -0.2) is 41.1 Å². The van der Waals surface area contributed by atoms with Crippen LogP contribution in [0, 0.1) is 17.3 Å². The zero-order chi connectivity index (χ0) is 33.2. The topological polar surface area (TPSA) is 113 Å². The van der Waals surface area contributed by atoms with E-state index in [9.17, 15) is 14.7 Å². The monoisotopic (exact) mass is 618 g/mol. The fraction of sp³-hybridized carbons (Fsp3) is 0.395. The van der Waals surface area contributed by atoms with Crippen molar-refractivity contribution in [3.05, 3.63) is 104 Å². The molecule has 5 heterocycles. The third kappa shape index (κ3) is 4.86. The number of carbonyl (C=O) groups excluding carboxylic acids is 2. The molecule has 8 nitrogen and oxygen atoms in total. The van der Waals surface area contributed by atoms with Crippen LogP contribution < -0.4 is 5.32 Å².